The van der Waals surface area contributed by atoms with E-state index in [0.29, 0.717) is 22.4 Å². The molecule has 3 aromatic rings. The molecule has 0 spiro atoms. The average molecular weight is 406 g/mol. The first-order valence-electron chi connectivity index (χ1n) is 8.96. The Balaban J connectivity index is 1.75. The van der Waals surface area contributed by atoms with Gasteiger partial charge in [0.2, 0.25) is 5.54 Å². The van der Waals surface area contributed by atoms with Crippen molar-refractivity contribution in [1.29, 1.82) is 0 Å². The minimum Gasteiger partial charge on any atom is -0.497 e. The molecule has 0 aliphatic carbocycles. The molecule has 3 amide bonds. The lowest BCUT2D eigenvalue weighted by molar-refractivity contribution is -0.122. The van der Waals surface area contributed by atoms with Crippen LogP contribution in [0, 0.1) is 11.8 Å². The predicted molar refractivity (Wildman–Crippen MR) is 107 cm³/mol. The van der Waals surface area contributed by atoms with Gasteiger partial charge in [0, 0.05) is 28.7 Å². The summed E-state index contributed by atoms with van der Waals surface area (Å²) in [6.07, 6.45) is 4.73. The van der Waals surface area contributed by atoms with Crippen LogP contribution in [0.3, 0.4) is 0 Å². The van der Waals surface area contributed by atoms with Crippen LogP contribution in [0.15, 0.2) is 42.9 Å². The van der Waals surface area contributed by atoms with Gasteiger partial charge in [-0.05, 0) is 24.3 Å². The van der Waals surface area contributed by atoms with Gasteiger partial charge in [-0.3, -0.25) is 15.1 Å². The Labute approximate surface area is 171 Å². The molecule has 0 radical (unpaired) electrons. The van der Waals surface area contributed by atoms with E-state index in [1.165, 1.54) is 31.2 Å². The summed E-state index contributed by atoms with van der Waals surface area (Å²) >= 11 is 0. The third kappa shape index (κ3) is 3.35. The highest BCUT2D eigenvalue weighted by atomic mass is 16.5. The monoisotopic (exact) mass is 406 g/mol. The van der Waals surface area contributed by atoms with Crippen LogP contribution in [-0.4, -0.2) is 46.4 Å². The van der Waals surface area contributed by atoms with E-state index in [2.05, 4.69) is 27.5 Å². The summed E-state index contributed by atoms with van der Waals surface area (Å²) in [5, 5.41) is 16.8. The largest absolute Gasteiger partial charge is 0.497 e. The van der Waals surface area contributed by atoms with Crippen LogP contribution < -0.4 is 20.1 Å². The van der Waals surface area contributed by atoms with Crippen molar-refractivity contribution in [1.82, 2.24) is 20.2 Å². The SMILES string of the molecule is COc1cncc(C#C[C@]2(Cn3cc4ccc(OC)cc4c3O)NC(=O)NC2=O)c1. The molecule has 1 fully saturated rings. The second kappa shape index (κ2) is 7.33. The lowest BCUT2D eigenvalue weighted by Crippen LogP contribution is -2.49. The van der Waals surface area contributed by atoms with Crippen molar-refractivity contribution in [3.63, 3.8) is 0 Å². The molecule has 1 aliphatic rings. The molecule has 9 nitrogen and oxygen atoms in total. The molecule has 0 unspecified atom stereocenters. The molecule has 0 bridgehead atoms. The minimum absolute atomic E-state index is 0.0675. The van der Waals surface area contributed by atoms with E-state index in [9.17, 15) is 14.7 Å². The molecule has 2 aromatic heterocycles. The Bertz CT molecular complexity index is 1220. The molecule has 1 aliphatic heterocycles. The summed E-state index contributed by atoms with van der Waals surface area (Å²) in [5.41, 5.74) is -1.06. The Hall–Kier alpha value is -4.19. The van der Waals surface area contributed by atoms with Crippen molar-refractivity contribution in [2.24, 2.45) is 0 Å². The highest BCUT2D eigenvalue weighted by molar-refractivity contribution is 6.09. The zero-order chi connectivity index (χ0) is 21.3. The van der Waals surface area contributed by atoms with Crippen molar-refractivity contribution in [3.8, 4) is 29.2 Å². The normalized spacial score (nSPS) is 17.8. The van der Waals surface area contributed by atoms with Crippen LogP contribution in [0.2, 0.25) is 0 Å². The summed E-state index contributed by atoms with van der Waals surface area (Å²) in [5.74, 6) is 6.13. The van der Waals surface area contributed by atoms with Crippen molar-refractivity contribution in [2.75, 3.05) is 14.2 Å². The number of hydrogen-bond acceptors (Lipinski definition) is 6. The molecular formula is C21H18N4O5. The zero-order valence-electron chi connectivity index (χ0n) is 16.2. The lowest BCUT2D eigenvalue weighted by Gasteiger charge is -2.20. The topological polar surface area (TPSA) is 115 Å². The number of ether oxygens (including phenoxy) is 2. The maximum absolute atomic E-state index is 12.6. The summed E-state index contributed by atoms with van der Waals surface area (Å²) in [6, 6.07) is 6.25. The molecule has 4 rings (SSSR count). The van der Waals surface area contributed by atoms with Crippen LogP contribution in [0.5, 0.6) is 17.4 Å². The van der Waals surface area contributed by atoms with Crippen molar-refractivity contribution in [2.45, 2.75) is 12.1 Å². The van der Waals surface area contributed by atoms with E-state index < -0.39 is 17.5 Å². The quantitative estimate of drug-likeness (QED) is 0.446. The molecular weight excluding hydrogens is 388 g/mol. The number of nitrogens with one attached hydrogen (secondary N) is 2. The number of pyridine rings is 1. The smallest absolute Gasteiger partial charge is 0.323 e. The van der Waals surface area contributed by atoms with Gasteiger partial charge in [-0.1, -0.05) is 11.8 Å². The number of imide groups is 1. The Morgan fingerprint density at radius 2 is 1.97 bits per heavy atom. The van der Waals surface area contributed by atoms with E-state index in [1.807, 2.05) is 0 Å². The highest BCUT2D eigenvalue weighted by Crippen LogP contribution is 2.32. The van der Waals surface area contributed by atoms with Gasteiger partial charge in [-0.2, -0.15) is 0 Å². The van der Waals surface area contributed by atoms with Gasteiger partial charge in [-0.25, -0.2) is 4.79 Å². The number of carbonyl (C=O) groups is 2. The summed E-state index contributed by atoms with van der Waals surface area (Å²) < 4.78 is 11.8. The molecule has 9 heteroatoms. The standard InChI is InChI=1S/C21H18N4O5/c1-29-15-4-3-14-11-25(18(26)17(14)8-15)12-21(19(27)23-20(28)24-21)6-5-13-7-16(30-2)10-22-9-13/h3-4,7-11,26H,12H2,1-2H3,(H2,23,24,27,28)/t21-/m1/s1. The number of methoxy groups -OCH3 is 2. The number of nitrogens with zero attached hydrogens (tertiary/aromatic N) is 2. The van der Waals surface area contributed by atoms with Gasteiger partial charge in [0.15, 0.2) is 5.88 Å². The number of aromatic nitrogens is 2. The summed E-state index contributed by atoms with van der Waals surface area (Å²) in [6.45, 7) is -0.0994. The second-order valence-corrected chi connectivity index (χ2v) is 6.71. The van der Waals surface area contributed by atoms with Gasteiger partial charge in [0.25, 0.3) is 5.91 Å². The molecule has 1 saturated heterocycles. The first kappa shape index (κ1) is 19.1. The number of benzene rings is 1. The summed E-state index contributed by atoms with van der Waals surface area (Å²) in [7, 11) is 3.04. The Morgan fingerprint density at radius 1 is 1.17 bits per heavy atom. The zero-order valence-corrected chi connectivity index (χ0v) is 16.2. The molecule has 152 valence electrons. The first-order valence-corrected chi connectivity index (χ1v) is 8.96. The molecule has 30 heavy (non-hydrogen) atoms. The van der Waals surface area contributed by atoms with Crippen LogP contribution >= 0.6 is 0 Å². The number of rotatable bonds is 4. The highest BCUT2D eigenvalue weighted by Gasteiger charge is 2.46. The third-order valence-corrected chi connectivity index (χ3v) is 4.79. The predicted octanol–water partition coefficient (Wildman–Crippen LogP) is 1.39. The van der Waals surface area contributed by atoms with Gasteiger partial charge in [-0.15, -0.1) is 0 Å². The molecule has 1 aromatic carbocycles. The van der Waals surface area contributed by atoms with Crippen LogP contribution in [0.25, 0.3) is 10.8 Å². The fraction of sp³-hybridized carbons (Fsp3) is 0.190. The molecule has 3 N–H and O–H groups in total. The lowest BCUT2D eigenvalue weighted by atomic mass is 10.00. The average Bonchev–Trinajstić information content (AvgIpc) is 3.21. The minimum atomic E-state index is -1.57. The van der Waals surface area contributed by atoms with Crippen LogP contribution in [-0.2, 0) is 11.3 Å². The Morgan fingerprint density at radius 3 is 2.67 bits per heavy atom. The van der Waals surface area contributed by atoms with Gasteiger partial charge < -0.3 is 24.5 Å². The summed E-state index contributed by atoms with van der Waals surface area (Å²) in [4.78, 5) is 28.5. The second-order valence-electron chi connectivity index (χ2n) is 6.71. The maximum atomic E-state index is 12.6. The van der Waals surface area contributed by atoms with Crippen molar-refractivity contribution < 1.29 is 24.2 Å². The number of carbonyl (C=O) groups excluding carboxylic acids is 2. The molecule has 1 atom stereocenters. The van der Waals surface area contributed by atoms with E-state index in [0.717, 1.165) is 5.39 Å². The van der Waals surface area contributed by atoms with E-state index >= 15 is 0 Å². The fourth-order valence-electron chi connectivity index (χ4n) is 3.24. The van der Waals surface area contributed by atoms with E-state index in [4.69, 9.17) is 9.47 Å². The van der Waals surface area contributed by atoms with Crippen molar-refractivity contribution >= 4 is 22.7 Å². The van der Waals surface area contributed by atoms with E-state index in [-0.39, 0.29) is 12.4 Å². The fourth-order valence-corrected chi connectivity index (χ4v) is 3.24. The molecule has 3 heterocycles. The first-order chi connectivity index (χ1) is 14.4. The van der Waals surface area contributed by atoms with Gasteiger partial charge in [0.05, 0.1) is 27.0 Å². The Kier molecular flexibility index (Phi) is 4.68. The number of amides is 3. The number of hydrogen-bond donors (Lipinski definition) is 3. The number of aromatic hydroxyl groups is 1. The number of fused-ring (bicyclic) bond motifs is 1. The van der Waals surface area contributed by atoms with Crippen LogP contribution in [0.4, 0.5) is 4.79 Å². The maximum Gasteiger partial charge on any atom is 0.323 e. The van der Waals surface area contributed by atoms with E-state index in [1.54, 1.807) is 30.5 Å². The molecule has 0 saturated carbocycles. The van der Waals surface area contributed by atoms with Gasteiger partial charge in [0.1, 0.15) is 11.5 Å². The van der Waals surface area contributed by atoms with Crippen LogP contribution in [0.1, 0.15) is 5.56 Å². The third-order valence-electron chi connectivity index (χ3n) is 4.79. The van der Waals surface area contributed by atoms with Crippen molar-refractivity contribution in [3.05, 3.63) is 48.4 Å². The number of urea groups is 1. The van der Waals surface area contributed by atoms with Gasteiger partial charge >= 0.3 is 6.03 Å².